The van der Waals surface area contributed by atoms with Crippen molar-refractivity contribution >= 4 is 11.3 Å². The Bertz CT molecular complexity index is 593. The number of aliphatic hydroxyl groups is 1. The molecule has 1 atom stereocenters. The van der Waals surface area contributed by atoms with Gasteiger partial charge in [0.05, 0.1) is 23.9 Å². The molecule has 1 heterocycles. The number of nitrogens with zero attached hydrogens (tertiary/aromatic N) is 1. The Labute approximate surface area is 129 Å². The van der Waals surface area contributed by atoms with Crippen LogP contribution in [0.1, 0.15) is 49.1 Å². The molecule has 0 unspecified atom stereocenters. The molecule has 0 aliphatic heterocycles. The molecule has 0 bridgehead atoms. The highest BCUT2D eigenvalue weighted by Crippen LogP contribution is 2.30. The average molecular weight is 307 g/mol. The van der Waals surface area contributed by atoms with Crippen molar-refractivity contribution in [3.8, 4) is 11.5 Å². The predicted molar refractivity (Wildman–Crippen MR) is 84.2 cm³/mol. The normalized spacial score (nSPS) is 12.5. The number of rotatable bonds is 6. The minimum atomic E-state index is -0.590. The molecule has 0 aliphatic carbocycles. The van der Waals surface area contributed by atoms with E-state index in [2.05, 4.69) is 18.8 Å². The van der Waals surface area contributed by atoms with Crippen LogP contribution in [-0.2, 0) is 6.61 Å². The molecular weight excluding hydrogens is 286 g/mol. The molecule has 21 heavy (non-hydrogen) atoms. The van der Waals surface area contributed by atoms with Gasteiger partial charge in [-0.2, -0.15) is 0 Å². The number of aliphatic hydroxyl groups excluding tert-OH is 1. The molecule has 2 rings (SSSR count). The fraction of sp³-hybridized carbons (Fsp3) is 0.438. The van der Waals surface area contributed by atoms with Crippen molar-refractivity contribution in [3.63, 3.8) is 0 Å². The van der Waals surface area contributed by atoms with Gasteiger partial charge in [-0.3, -0.25) is 0 Å². The van der Waals surface area contributed by atoms with Crippen LogP contribution in [0.4, 0.5) is 0 Å². The van der Waals surface area contributed by atoms with Crippen molar-refractivity contribution < 1.29 is 14.6 Å². The van der Waals surface area contributed by atoms with Crippen LogP contribution in [-0.4, -0.2) is 17.2 Å². The van der Waals surface area contributed by atoms with Gasteiger partial charge < -0.3 is 14.6 Å². The molecule has 0 amide bonds. The van der Waals surface area contributed by atoms with E-state index in [0.717, 1.165) is 16.3 Å². The number of ether oxygens (including phenoxy) is 2. The number of hydrogen-bond donors (Lipinski definition) is 1. The van der Waals surface area contributed by atoms with Gasteiger partial charge in [-0.15, -0.1) is 11.3 Å². The zero-order chi connectivity index (χ0) is 15.4. The first kappa shape index (κ1) is 15.8. The maximum Gasteiger partial charge on any atom is 0.131 e. The van der Waals surface area contributed by atoms with Crippen LogP contribution in [0, 0.1) is 0 Å². The second-order valence-corrected chi connectivity index (χ2v) is 6.09. The van der Waals surface area contributed by atoms with Gasteiger partial charge in [-0.05, 0) is 19.1 Å². The van der Waals surface area contributed by atoms with E-state index in [9.17, 15) is 5.11 Å². The molecule has 1 N–H and O–H groups in total. The van der Waals surface area contributed by atoms with Crippen LogP contribution in [0.2, 0.25) is 0 Å². The lowest BCUT2D eigenvalue weighted by molar-refractivity contribution is 0.189. The van der Waals surface area contributed by atoms with Gasteiger partial charge in [0.15, 0.2) is 0 Å². The molecule has 1 aromatic heterocycles. The second kappa shape index (κ2) is 6.91. The second-order valence-electron chi connectivity index (χ2n) is 5.20. The molecule has 5 heteroatoms. The third kappa shape index (κ3) is 3.95. The standard InChI is InChI=1S/C16H21NO3S/c1-10(2)16-17-12(9-21-16)8-20-15-7-13(19-4)5-6-14(15)11(3)18/h5-7,9-11,18H,8H2,1-4H3/t11-/m0/s1. The minimum absolute atomic E-state index is 0.385. The fourth-order valence-corrected chi connectivity index (χ4v) is 2.74. The number of methoxy groups -OCH3 is 1. The summed E-state index contributed by atoms with van der Waals surface area (Å²) in [6, 6.07) is 5.42. The Morgan fingerprint density at radius 1 is 1.29 bits per heavy atom. The highest BCUT2D eigenvalue weighted by molar-refractivity contribution is 7.09. The van der Waals surface area contributed by atoms with E-state index in [1.807, 2.05) is 17.5 Å². The van der Waals surface area contributed by atoms with Gasteiger partial charge in [-0.25, -0.2) is 4.98 Å². The first-order chi connectivity index (χ1) is 10.0. The lowest BCUT2D eigenvalue weighted by Crippen LogP contribution is -2.02. The lowest BCUT2D eigenvalue weighted by atomic mass is 10.1. The summed E-state index contributed by atoms with van der Waals surface area (Å²) in [4.78, 5) is 4.54. The van der Waals surface area contributed by atoms with E-state index in [1.165, 1.54) is 0 Å². The summed E-state index contributed by atoms with van der Waals surface area (Å²) in [7, 11) is 1.61. The zero-order valence-electron chi connectivity index (χ0n) is 12.8. The molecule has 0 spiro atoms. The van der Waals surface area contributed by atoms with E-state index in [4.69, 9.17) is 9.47 Å². The Morgan fingerprint density at radius 2 is 2.05 bits per heavy atom. The van der Waals surface area contributed by atoms with Crippen molar-refractivity contribution in [2.24, 2.45) is 0 Å². The van der Waals surface area contributed by atoms with Crippen LogP contribution in [0.25, 0.3) is 0 Å². The molecule has 1 aromatic carbocycles. The van der Waals surface area contributed by atoms with E-state index in [0.29, 0.717) is 24.0 Å². The smallest absolute Gasteiger partial charge is 0.131 e. The third-order valence-corrected chi connectivity index (χ3v) is 4.30. The average Bonchev–Trinajstić information content (AvgIpc) is 2.93. The Morgan fingerprint density at radius 3 is 2.62 bits per heavy atom. The maximum absolute atomic E-state index is 9.81. The number of aromatic nitrogens is 1. The van der Waals surface area contributed by atoms with Crippen molar-refractivity contribution in [1.29, 1.82) is 0 Å². The number of hydrogen-bond acceptors (Lipinski definition) is 5. The number of benzene rings is 1. The topological polar surface area (TPSA) is 51.6 Å². The molecule has 4 nitrogen and oxygen atoms in total. The molecule has 0 fully saturated rings. The van der Waals surface area contributed by atoms with Crippen LogP contribution < -0.4 is 9.47 Å². The summed E-state index contributed by atoms with van der Waals surface area (Å²) in [5.74, 6) is 1.76. The largest absolute Gasteiger partial charge is 0.497 e. The van der Waals surface area contributed by atoms with Crippen LogP contribution in [0.5, 0.6) is 11.5 Å². The van der Waals surface area contributed by atoms with Gasteiger partial charge >= 0.3 is 0 Å². The Balaban J connectivity index is 2.14. The first-order valence-electron chi connectivity index (χ1n) is 6.94. The quantitative estimate of drug-likeness (QED) is 0.879. The van der Waals surface area contributed by atoms with Crippen molar-refractivity contribution in [1.82, 2.24) is 4.98 Å². The first-order valence-corrected chi connectivity index (χ1v) is 7.82. The fourth-order valence-electron chi connectivity index (χ4n) is 1.92. The van der Waals surface area contributed by atoms with Gasteiger partial charge in [0.1, 0.15) is 18.1 Å². The SMILES string of the molecule is COc1ccc([C@H](C)O)c(OCc2csc(C(C)C)n2)c1. The molecule has 0 radical (unpaired) electrons. The maximum atomic E-state index is 9.81. The molecule has 0 saturated carbocycles. The van der Waals surface area contributed by atoms with Gasteiger partial charge in [0.25, 0.3) is 0 Å². The molecule has 114 valence electrons. The summed E-state index contributed by atoms with van der Waals surface area (Å²) in [5.41, 5.74) is 1.65. The van der Waals surface area contributed by atoms with Crippen molar-refractivity contribution in [3.05, 3.63) is 39.8 Å². The molecule has 0 saturated heterocycles. The molecule has 2 aromatic rings. The Kier molecular flexibility index (Phi) is 5.20. The lowest BCUT2D eigenvalue weighted by Gasteiger charge is -2.14. The van der Waals surface area contributed by atoms with Gasteiger partial charge in [0, 0.05) is 22.9 Å². The molecular formula is C16H21NO3S. The summed E-state index contributed by atoms with van der Waals surface area (Å²) in [5, 5.41) is 12.9. The Hall–Kier alpha value is -1.59. The monoisotopic (exact) mass is 307 g/mol. The summed E-state index contributed by atoms with van der Waals surface area (Å²) in [6.07, 6.45) is -0.590. The highest BCUT2D eigenvalue weighted by atomic mass is 32.1. The number of thiazole rings is 1. The van der Waals surface area contributed by atoms with Crippen LogP contribution >= 0.6 is 11.3 Å². The zero-order valence-corrected chi connectivity index (χ0v) is 13.6. The van der Waals surface area contributed by atoms with E-state index < -0.39 is 6.10 Å². The summed E-state index contributed by atoms with van der Waals surface area (Å²) < 4.78 is 11.0. The van der Waals surface area contributed by atoms with Gasteiger partial charge in [0.2, 0.25) is 0 Å². The van der Waals surface area contributed by atoms with E-state index in [1.54, 1.807) is 31.4 Å². The highest BCUT2D eigenvalue weighted by Gasteiger charge is 2.12. The predicted octanol–water partition coefficient (Wildman–Crippen LogP) is 3.91. The third-order valence-electron chi connectivity index (χ3n) is 3.11. The minimum Gasteiger partial charge on any atom is -0.497 e. The summed E-state index contributed by atoms with van der Waals surface area (Å²) >= 11 is 1.65. The van der Waals surface area contributed by atoms with Crippen LogP contribution in [0.3, 0.4) is 0 Å². The van der Waals surface area contributed by atoms with Crippen molar-refractivity contribution in [2.75, 3.05) is 7.11 Å². The van der Waals surface area contributed by atoms with Gasteiger partial charge in [-0.1, -0.05) is 13.8 Å². The van der Waals surface area contributed by atoms with Crippen LogP contribution in [0.15, 0.2) is 23.6 Å². The van der Waals surface area contributed by atoms with Crippen molar-refractivity contribution in [2.45, 2.75) is 39.4 Å². The summed E-state index contributed by atoms with van der Waals surface area (Å²) in [6.45, 7) is 6.35. The molecule has 0 aliphatic rings. The van der Waals surface area contributed by atoms with E-state index in [-0.39, 0.29) is 0 Å². The van der Waals surface area contributed by atoms with E-state index >= 15 is 0 Å².